The lowest BCUT2D eigenvalue weighted by Gasteiger charge is -2.18. The van der Waals surface area contributed by atoms with Gasteiger partial charge in [-0.05, 0) is 19.4 Å². The van der Waals surface area contributed by atoms with Gasteiger partial charge in [0.2, 0.25) is 5.89 Å². The zero-order valence-electron chi connectivity index (χ0n) is 9.14. The van der Waals surface area contributed by atoms with Gasteiger partial charge in [-0.25, -0.2) is 8.42 Å². The van der Waals surface area contributed by atoms with Gasteiger partial charge in [0.1, 0.15) is 5.75 Å². The third-order valence-electron chi connectivity index (χ3n) is 2.52. The maximum absolute atomic E-state index is 11.1. The molecule has 1 aromatic heterocycles. The molecule has 1 fully saturated rings. The van der Waals surface area contributed by atoms with Crippen LogP contribution >= 0.6 is 0 Å². The summed E-state index contributed by atoms with van der Waals surface area (Å²) in [5, 5.41) is 6.93. The largest absolute Gasteiger partial charge is 0.339 e. The van der Waals surface area contributed by atoms with Gasteiger partial charge in [-0.1, -0.05) is 5.16 Å². The van der Waals surface area contributed by atoms with Crippen molar-refractivity contribution in [1.29, 1.82) is 0 Å². The average Bonchev–Trinajstić information content (AvgIpc) is 2.65. The first-order valence-electron chi connectivity index (χ1n) is 5.25. The lowest BCUT2D eigenvalue weighted by molar-refractivity contribution is 0.320. The van der Waals surface area contributed by atoms with Crippen molar-refractivity contribution in [2.75, 3.05) is 19.3 Å². The Morgan fingerprint density at radius 1 is 1.56 bits per heavy atom. The molecule has 1 atom stereocenters. The topological polar surface area (TPSA) is 85.1 Å². The Kier molecular flexibility index (Phi) is 3.25. The number of nitrogens with zero attached hydrogens (tertiary/aromatic N) is 2. The molecular weight excluding hydrogens is 230 g/mol. The maximum atomic E-state index is 11.1. The molecule has 0 unspecified atom stereocenters. The normalized spacial score (nSPS) is 22.2. The van der Waals surface area contributed by atoms with Crippen molar-refractivity contribution in [3.05, 3.63) is 11.7 Å². The van der Waals surface area contributed by atoms with Crippen LogP contribution in [-0.2, 0) is 15.6 Å². The molecule has 0 aliphatic carbocycles. The van der Waals surface area contributed by atoms with E-state index in [4.69, 9.17) is 4.52 Å². The van der Waals surface area contributed by atoms with E-state index in [-0.39, 0.29) is 17.5 Å². The number of sulfone groups is 1. The Balaban J connectivity index is 2.06. The fourth-order valence-corrected chi connectivity index (χ4v) is 2.38. The molecule has 1 aliphatic heterocycles. The highest BCUT2D eigenvalue weighted by Crippen LogP contribution is 2.21. The van der Waals surface area contributed by atoms with Gasteiger partial charge in [0.05, 0.1) is 5.92 Å². The van der Waals surface area contributed by atoms with Crippen molar-refractivity contribution < 1.29 is 12.9 Å². The summed E-state index contributed by atoms with van der Waals surface area (Å²) in [6.07, 6.45) is 3.24. The van der Waals surface area contributed by atoms with Crippen LogP contribution in [0.2, 0.25) is 0 Å². The van der Waals surface area contributed by atoms with E-state index in [0.29, 0.717) is 5.89 Å². The number of hydrogen-bond acceptors (Lipinski definition) is 6. The smallest absolute Gasteiger partial charge is 0.231 e. The van der Waals surface area contributed by atoms with E-state index < -0.39 is 9.84 Å². The van der Waals surface area contributed by atoms with Gasteiger partial charge in [0.15, 0.2) is 15.7 Å². The first-order chi connectivity index (χ1) is 7.54. The van der Waals surface area contributed by atoms with E-state index in [1.54, 1.807) is 0 Å². The molecule has 1 N–H and O–H groups in total. The lowest BCUT2D eigenvalue weighted by atomic mass is 10.00. The second-order valence-electron chi connectivity index (χ2n) is 4.16. The van der Waals surface area contributed by atoms with Crippen LogP contribution in [0.1, 0.15) is 30.5 Å². The molecule has 1 saturated heterocycles. The van der Waals surface area contributed by atoms with Gasteiger partial charge in [0.25, 0.3) is 0 Å². The van der Waals surface area contributed by atoms with Gasteiger partial charge < -0.3 is 9.84 Å². The van der Waals surface area contributed by atoms with Crippen LogP contribution in [-0.4, -0.2) is 37.9 Å². The molecule has 7 heteroatoms. The van der Waals surface area contributed by atoms with Gasteiger partial charge in [-0.3, -0.25) is 0 Å². The van der Waals surface area contributed by atoms with E-state index in [1.165, 1.54) is 0 Å². The number of rotatable bonds is 3. The highest BCUT2D eigenvalue weighted by atomic mass is 32.2. The number of piperidine rings is 1. The van der Waals surface area contributed by atoms with E-state index in [1.807, 2.05) is 0 Å². The Morgan fingerprint density at radius 3 is 3.00 bits per heavy atom. The SMILES string of the molecule is CS(=O)(=O)Cc1noc([C@@H]2CCCNC2)n1. The van der Waals surface area contributed by atoms with Gasteiger partial charge in [0, 0.05) is 12.8 Å². The molecule has 0 radical (unpaired) electrons. The second-order valence-corrected chi connectivity index (χ2v) is 6.30. The fourth-order valence-electron chi connectivity index (χ4n) is 1.79. The predicted molar refractivity (Wildman–Crippen MR) is 57.7 cm³/mol. The highest BCUT2D eigenvalue weighted by molar-refractivity contribution is 7.89. The summed E-state index contributed by atoms with van der Waals surface area (Å²) in [7, 11) is -3.10. The number of hydrogen-bond donors (Lipinski definition) is 1. The summed E-state index contributed by atoms with van der Waals surface area (Å²) < 4.78 is 27.2. The Labute approximate surface area is 94.3 Å². The Bertz CT molecular complexity index is 448. The summed E-state index contributed by atoms with van der Waals surface area (Å²) in [6, 6.07) is 0. The van der Waals surface area contributed by atoms with Crippen molar-refractivity contribution in [2.24, 2.45) is 0 Å². The van der Waals surface area contributed by atoms with Crippen molar-refractivity contribution in [3.63, 3.8) is 0 Å². The monoisotopic (exact) mass is 245 g/mol. The minimum absolute atomic E-state index is 0.156. The summed E-state index contributed by atoms with van der Waals surface area (Å²) in [5.74, 6) is 0.861. The molecule has 1 aliphatic rings. The third-order valence-corrected chi connectivity index (χ3v) is 3.30. The zero-order chi connectivity index (χ0) is 11.6. The lowest BCUT2D eigenvalue weighted by Crippen LogP contribution is -2.28. The van der Waals surface area contributed by atoms with Crippen molar-refractivity contribution >= 4 is 9.84 Å². The third kappa shape index (κ3) is 3.02. The quantitative estimate of drug-likeness (QED) is 0.811. The van der Waals surface area contributed by atoms with Crippen LogP contribution in [0, 0.1) is 0 Å². The van der Waals surface area contributed by atoms with Crippen molar-refractivity contribution in [1.82, 2.24) is 15.5 Å². The predicted octanol–water partition coefficient (Wildman–Crippen LogP) is 0.0812. The van der Waals surface area contributed by atoms with Crippen LogP contribution in [0.25, 0.3) is 0 Å². The zero-order valence-corrected chi connectivity index (χ0v) is 9.96. The maximum Gasteiger partial charge on any atom is 0.231 e. The molecule has 0 bridgehead atoms. The van der Waals surface area contributed by atoms with E-state index in [9.17, 15) is 8.42 Å². The standard InChI is InChI=1S/C9H15N3O3S/c1-16(13,14)6-8-11-9(15-12-8)7-3-2-4-10-5-7/h7,10H,2-6H2,1H3/t7-/m1/s1. The Hall–Kier alpha value is -0.950. The minimum Gasteiger partial charge on any atom is -0.339 e. The molecular formula is C9H15N3O3S. The summed E-state index contributed by atoms with van der Waals surface area (Å²) in [6.45, 7) is 1.83. The fraction of sp³-hybridized carbons (Fsp3) is 0.778. The first kappa shape index (κ1) is 11.5. The molecule has 2 rings (SSSR count). The number of aromatic nitrogens is 2. The van der Waals surface area contributed by atoms with E-state index >= 15 is 0 Å². The molecule has 90 valence electrons. The van der Waals surface area contributed by atoms with E-state index in [2.05, 4.69) is 15.5 Å². The molecule has 16 heavy (non-hydrogen) atoms. The second kappa shape index (κ2) is 4.50. The van der Waals surface area contributed by atoms with Crippen LogP contribution in [0.3, 0.4) is 0 Å². The van der Waals surface area contributed by atoms with Crippen molar-refractivity contribution in [2.45, 2.75) is 24.5 Å². The van der Waals surface area contributed by atoms with Gasteiger partial charge in [-0.2, -0.15) is 4.98 Å². The summed E-state index contributed by atoms with van der Waals surface area (Å²) in [5.41, 5.74) is 0. The van der Waals surface area contributed by atoms with E-state index in [0.717, 1.165) is 32.2 Å². The number of nitrogens with one attached hydrogen (secondary N) is 1. The molecule has 0 amide bonds. The highest BCUT2D eigenvalue weighted by Gasteiger charge is 2.22. The Morgan fingerprint density at radius 2 is 2.38 bits per heavy atom. The molecule has 0 spiro atoms. The van der Waals surface area contributed by atoms with Crippen LogP contribution in [0.15, 0.2) is 4.52 Å². The molecule has 1 aromatic rings. The van der Waals surface area contributed by atoms with Crippen LogP contribution in [0.4, 0.5) is 0 Å². The molecule has 6 nitrogen and oxygen atoms in total. The van der Waals surface area contributed by atoms with Crippen molar-refractivity contribution in [3.8, 4) is 0 Å². The molecule has 0 saturated carbocycles. The molecule has 0 aromatic carbocycles. The minimum atomic E-state index is -3.10. The average molecular weight is 245 g/mol. The summed E-state index contributed by atoms with van der Waals surface area (Å²) >= 11 is 0. The summed E-state index contributed by atoms with van der Waals surface area (Å²) in [4.78, 5) is 4.12. The molecule has 2 heterocycles. The first-order valence-corrected chi connectivity index (χ1v) is 7.31. The van der Waals surface area contributed by atoms with Gasteiger partial charge in [-0.15, -0.1) is 0 Å². The van der Waals surface area contributed by atoms with Crippen LogP contribution in [0.5, 0.6) is 0 Å². The van der Waals surface area contributed by atoms with Gasteiger partial charge >= 0.3 is 0 Å². The van der Waals surface area contributed by atoms with Crippen LogP contribution < -0.4 is 5.32 Å².